The number of Topliss-reactive ketones (excluding diaryl/α,β-unsaturated/α-hetero) is 1. The van der Waals surface area contributed by atoms with Gasteiger partial charge in [-0.3, -0.25) is 4.79 Å². The Morgan fingerprint density at radius 1 is 0.500 bits per heavy atom. The zero-order valence-corrected chi connectivity index (χ0v) is 18.7. The van der Waals surface area contributed by atoms with Crippen molar-refractivity contribution >= 4 is 22.8 Å². The average molecular weight is 438 g/mol. The predicted molar refractivity (Wildman–Crippen MR) is 140 cm³/mol. The number of hydrogen-bond acceptors (Lipinski definition) is 2. The smallest absolute Gasteiger partial charge is 0.169 e. The van der Waals surface area contributed by atoms with Gasteiger partial charge in [-0.05, 0) is 64.2 Å². The fraction of sp³-hybridized carbons (Fsp3) is 0.0312. The van der Waals surface area contributed by atoms with E-state index in [9.17, 15) is 4.79 Å². The molecule has 5 aromatic carbocycles. The molecule has 1 heterocycles. The van der Waals surface area contributed by atoms with E-state index in [-0.39, 0.29) is 5.78 Å². The third kappa shape index (κ3) is 3.60. The molecule has 5 aromatic rings. The van der Waals surface area contributed by atoms with Crippen LogP contribution in [0.3, 0.4) is 0 Å². The summed E-state index contributed by atoms with van der Waals surface area (Å²) in [5, 5.41) is 0. The molecule has 0 bridgehead atoms. The molecule has 0 saturated carbocycles. The summed E-state index contributed by atoms with van der Waals surface area (Å²) in [7, 11) is 0. The van der Waals surface area contributed by atoms with Crippen LogP contribution in [0, 0.1) is 0 Å². The summed E-state index contributed by atoms with van der Waals surface area (Å²) in [4.78, 5) is 15.4. The maximum absolute atomic E-state index is 13.2. The van der Waals surface area contributed by atoms with Crippen molar-refractivity contribution in [3.05, 3.63) is 139 Å². The van der Waals surface area contributed by atoms with Crippen LogP contribution < -0.4 is 4.90 Å². The van der Waals surface area contributed by atoms with Crippen molar-refractivity contribution in [1.82, 2.24) is 0 Å². The third-order valence-corrected chi connectivity index (χ3v) is 6.42. The van der Waals surface area contributed by atoms with Gasteiger partial charge in [0.05, 0.1) is 5.69 Å². The van der Waals surface area contributed by atoms with Crippen LogP contribution in [0.25, 0.3) is 22.3 Å². The molecular weight excluding hydrogens is 414 g/mol. The zero-order valence-electron chi connectivity index (χ0n) is 18.7. The Labute approximate surface area is 199 Å². The summed E-state index contributed by atoms with van der Waals surface area (Å²) in [6.45, 7) is 0. The molecule has 0 aliphatic carbocycles. The third-order valence-electron chi connectivity index (χ3n) is 6.42. The van der Waals surface area contributed by atoms with Gasteiger partial charge in [-0.2, -0.15) is 0 Å². The highest BCUT2D eigenvalue weighted by molar-refractivity contribution is 6.07. The minimum Gasteiger partial charge on any atom is -0.309 e. The molecule has 0 atom stereocenters. The number of benzene rings is 5. The Bertz CT molecular complexity index is 1430. The predicted octanol–water partition coefficient (Wildman–Crippen LogP) is 8.23. The lowest BCUT2D eigenvalue weighted by Gasteiger charge is -2.28. The highest BCUT2D eigenvalue weighted by Crippen LogP contribution is 2.44. The monoisotopic (exact) mass is 437 g/mol. The second-order valence-electron chi connectivity index (χ2n) is 8.58. The van der Waals surface area contributed by atoms with Crippen LogP contribution in [0.4, 0.5) is 17.1 Å². The lowest BCUT2D eigenvalue weighted by molar-refractivity contribution is 0.0994. The van der Waals surface area contributed by atoms with Crippen molar-refractivity contribution in [2.75, 3.05) is 4.90 Å². The highest BCUT2D eigenvalue weighted by Gasteiger charge is 2.26. The van der Waals surface area contributed by atoms with E-state index in [2.05, 4.69) is 83.8 Å². The molecule has 0 aromatic heterocycles. The topological polar surface area (TPSA) is 20.3 Å². The minimum absolute atomic E-state index is 0.146. The molecule has 1 aliphatic heterocycles. The average Bonchev–Trinajstić information content (AvgIpc) is 3.03. The van der Waals surface area contributed by atoms with E-state index < -0.39 is 0 Å². The van der Waals surface area contributed by atoms with Gasteiger partial charge < -0.3 is 4.90 Å². The number of hydrogen-bond donors (Lipinski definition) is 0. The number of fused-ring (bicyclic) bond motifs is 2. The molecule has 0 N–H and O–H groups in total. The second kappa shape index (κ2) is 8.49. The normalized spacial score (nSPS) is 12.6. The van der Waals surface area contributed by atoms with Gasteiger partial charge in [0.2, 0.25) is 0 Å². The molecule has 6 rings (SSSR count). The van der Waals surface area contributed by atoms with Gasteiger partial charge in [-0.15, -0.1) is 0 Å². The summed E-state index contributed by atoms with van der Waals surface area (Å²) < 4.78 is 0. The molecule has 34 heavy (non-hydrogen) atoms. The van der Waals surface area contributed by atoms with Crippen LogP contribution >= 0.6 is 0 Å². The molecule has 2 heteroatoms. The number of carbonyl (C=O) groups is 1. The molecular formula is C32H23NO. The van der Waals surface area contributed by atoms with Crippen LogP contribution in [0.15, 0.2) is 127 Å². The van der Waals surface area contributed by atoms with Gasteiger partial charge in [0.15, 0.2) is 5.78 Å². The first-order valence-corrected chi connectivity index (χ1v) is 11.5. The zero-order chi connectivity index (χ0) is 22.9. The van der Waals surface area contributed by atoms with E-state index in [1.165, 1.54) is 0 Å². The fourth-order valence-electron chi connectivity index (χ4n) is 4.79. The van der Waals surface area contributed by atoms with Crippen LogP contribution in [0.1, 0.15) is 15.9 Å². The summed E-state index contributed by atoms with van der Waals surface area (Å²) in [6, 6.07) is 43.8. The number of carbonyl (C=O) groups excluding carboxylic acids is 1. The Kier molecular flexibility index (Phi) is 5.04. The first-order chi connectivity index (χ1) is 16.8. The largest absolute Gasteiger partial charge is 0.309 e. The number of anilines is 3. The molecule has 1 aliphatic rings. The van der Waals surface area contributed by atoms with Gasteiger partial charge in [0.25, 0.3) is 0 Å². The van der Waals surface area contributed by atoms with Gasteiger partial charge >= 0.3 is 0 Å². The van der Waals surface area contributed by atoms with Crippen molar-refractivity contribution in [3.63, 3.8) is 0 Å². The van der Waals surface area contributed by atoms with E-state index in [1.54, 1.807) is 0 Å². The van der Waals surface area contributed by atoms with Crippen LogP contribution in [-0.4, -0.2) is 5.78 Å². The van der Waals surface area contributed by atoms with Crippen molar-refractivity contribution in [1.29, 1.82) is 0 Å². The van der Waals surface area contributed by atoms with E-state index in [1.807, 2.05) is 48.5 Å². The van der Waals surface area contributed by atoms with Gasteiger partial charge in [0, 0.05) is 23.4 Å². The van der Waals surface area contributed by atoms with Crippen LogP contribution in [0.5, 0.6) is 0 Å². The maximum atomic E-state index is 13.2. The quantitative estimate of drug-likeness (QED) is 0.283. The molecule has 0 spiro atoms. The van der Waals surface area contributed by atoms with Crippen LogP contribution in [-0.2, 0) is 6.42 Å². The standard InChI is InChI=1S/C32H23NO/c34-32-22-25-15-7-9-17-30(25)33(31-18-10-8-16-29(31)32)28-20-26(23-11-3-1-4-12-23)19-27(21-28)24-13-5-2-6-14-24/h1-21H,22H2. The molecule has 162 valence electrons. The molecule has 2 nitrogen and oxygen atoms in total. The molecule has 0 amide bonds. The minimum atomic E-state index is 0.146. The van der Waals surface area contributed by atoms with Crippen molar-refractivity contribution < 1.29 is 4.79 Å². The summed E-state index contributed by atoms with van der Waals surface area (Å²) in [6.07, 6.45) is 0.396. The maximum Gasteiger partial charge on any atom is 0.169 e. The Balaban J connectivity index is 1.64. The van der Waals surface area contributed by atoms with E-state index in [4.69, 9.17) is 0 Å². The lowest BCUT2D eigenvalue weighted by Crippen LogP contribution is -2.12. The summed E-state index contributed by atoms with van der Waals surface area (Å²) >= 11 is 0. The number of para-hydroxylation sites is 2. The molecule has 0 unspecified atom stereocenters. The Morgan fingerprint density at radius 2 is 1.03 bits per heavy atom. The SMILES string of the molecule is O=C1Cc2ccccc2N(c2cc(-c3ccccc3)cc(-c3ccccc3)c2)c2ccccc21. The van der Waals surface area contributed by atoms with E-state index in [0.29, 0.717) is 6.42 Å². The van der Waals surface area contributed by atoms with Crippen LogP contribution in [0.2, 0.25) is 0 Å². The molecule has 0 fully saturated rings. The highest BCUT2D eigenvalue weighted by atomic mass is 16.1. The molecule has 0 radical (unpaired) electrons. The van der Waals surface area contributed by atoms with Gasteiger partial charge in [-0.1, -0.05) is 91.0 Å². The first kappa shape index (κ1) is 20.2. The first-order valence-electron chi connectivity index (χ1n) is 11.5. The molecule has 0 saturated heterocycles. The number of ketones is 1. The summed E-state index contributed by atoms with van der Waals surface area (Å²) in [5.74, 6) is 0.146. The second-order valence-corrected chi connectivity index (χ2v) is 8.58. The van der Waals surface area contributed by atoms with Gasteiger partial charge in [0.1, 0.15) is 0 Å². The Morgan fingerprint density at radius 3 is 1.68 bits per heavy atom. The lowest BCUT2D eigenvalue weighted by atomic mass is 9.97. The Hall–Kier alpha value is -4.43. The van der Waals surface area contributed by atoms with E-state index in [0.717, 1.165) is 50.4 Å². The van der Waals surface area contributed by atoms with Gasteiger partial charge in [-0.25, -0.2) is 0 Å². The summed E-state index contributed by atoms with van der Waals surface area (Å²) in [5.41, 5.74) is 9.40. The number of nitrogens with zero attached hydrogens (tertiary/aromatic N) is 1. The fourth-order valence-corrected chi connectivity index (χ4v) is 4.79. The number of rotatable bonds is 3. The van der Waals surface area contributed by atoms with Crippen molar-refractivity contribution in [2.45, 2.75) is 6.42 Å². The van der Waals surface area contributed by atoms with E-state index >= 15 is 0 Å². The van der Waals surface area contributed by atoms with Crippen molar-refractivity contribution in [2.24, 2.45) is 0 Å². The van der Waals surface area contributed by atoms with Crippen molar-refractivity contribution in [3.8, 4) is 22.3 Å².